The Bertz CT molecular complexity index is 673. The molecule has 0 saturated carbocycles. The molecule has 1 amide bonds. The first-order valence-electron chi connectivity index (χ1n) is 7.82. The van der Waals surface area contributed by atoms with Gasteiger partial charge in [-0.25, -0.2) is 8.78 Å². The number of carbonyl (C=O) groups is 1. The number of hydrogen-bond donors (Lipinski definition) is 2. The van der Waals surface area contributed by atoms with E-state index < -0.39 is 17.7 Å². The zero-order valence-electron chi connectivity index (χ0n) is 13.6. The molecule has 2 N–H and O–H groups in total. The van der Waals surface area contributed by atoms with Crippen molar-refractivity contribution >= 4 is 5.91 Å². The van der Waals surface area contributed by atoms with Crippen LogP contribution < -0.4 is 5.32 Å². The van der Waals surface area contributed by atoms with Crippen molar-refractivity contribution in [1.29, 1.82) is 0 Å². The Labute approximate surface area is 139 Å². The quantitative estimate of drug-likeness (QED) is 0.810. The van der Waals surface area contributed by atoms with Crippen LogP contribution in [0, 0.1) is 11.6 Å². The first-order chi connectivity index (χ1) is 11.4. The molecule has 24 heavy (non-hydrogen) atoms. The molecule has 0 radical (unpaired) electrons. The van der Waals surface area contributed by atoms with Crippen LogP contribution in [-0.2, 0) is 4.79 Å². The van der Waals surface area contributed by atoms with Crippen LogP contribution in [-0.4, -0.2) is 17.1 Å². The summed E-state index contributed by atoms with van der Waals surface area (Å²) in [7, 11) is 0. The Hall–Kier alpha value is -2.21. The normalized spacial score (nSPS) is 14.9. The van der Waals surface area contributed by atoms with Gasteiger partial charge in [0.25, 0.3) is 0 Å². The molecule has 1 aromatic carbocycles. The summed E-state index contributed by atoms with van der Waals surface area (Å²) in [4.78, 5) is 12.1. The summed E-state index contributed by atoms with van der Waals surface area (Å²) in [5.41, 5.74) is 0.301. The van der Waals surface area contributed by atoms with E-state index in [4.69, 9.17) is 4.42 Å². The van der Waals surface area contributed by atoms with Crippen LogP contribution in [0.25, 0.3) is 0 Å². The van der Waals surface area contributed by atoms with Gasteiger partial charge < -0.3 is 14.8 Å². The van der Waals surface area contributed by atoms with Gasteiger partial charge in [0.15, 0.2) is 0 Å². The number of halogens is 2. The summed E-state index contributed by atoms with van der Waals surface area (Å²) in [5, 5.41) is 12.8. The van der Waals surface area contributed by atoms with Crippen LogP contribution in [0.2, 0.25) is 0 Å². The summed E-state index contributed by atoms with van der Waals surface area (Å²) in [6.07, 6.45) is 1.05. The molecule has 1 aromatic heterocycles. The summed E-state index contributed by atoms with van der Waals surface area (Å²) in [5.74, 6) is -1.50. The molecule has 2 rings (SSSR count). The number of hydrogen-bond acceptors (Lipinski definition) is 3. The Kier molecular flexibility index (Phi) is 6.09. The summed E-state index contributed by atoms with van der Waals surface area (Å²) in [6, 6.07) is 6.41. The van der Waals surface area contributed by atoms with E-state index >= 15 is 0 Å². The number of amides is 1. The number of nitrogens with one attached hydrogen (secondary N) is 1. The van der Waals surface area contributed by atoms with Crippen molar-refractivity contribution in [1.82, 2.24) is 5.32 Å². The van der Waals surface area contributed by atoms with Gasteiger partial charge in [0.05, 0.1) is 6.26 Å². The fourth-order valence-corrected chi connectivity index (χ4v) is 2.61. The Balaban J connectivity index is 1.85. The zero-order valence-corrected chi connectivity index (χ0v) is 13.6. The maximum absolute atomic E-state index is 13.7. The van der Waals surface area contributed by atoms with Crippen LogP contribution >= 0.6 is 0 Å². The number of aliphatic hydroxyl groups is 1. The fraction of sp³-hybridized carbons (Fsp3) is 0.389. The molecule has 2 aromatic rings. The molecule has 130 valence electrons. The van der Waals surface area contributed by atoms with Crippen LogP contribution in [0.5, 0.6) is 0 Å². The number of rotatable bonds is 7. The number of furan rings is 1. The monoisotopic (exact) mass is 337 g/mol. The van der Waals surface area contributed by atoms with Crippen LogP contribution in [0.4, 0.5) is 8.78 Å². The van der Waals surface area contributed by atoms with Gasteiger partial charge in [0, 0.05) is 24.9 Å². The second kappa shape index (κ2) is 8.06. The second-order valence-electron chi connectivity index (χ2n) is 6.01. The average molecular weight is 337 g/mol. The molecule has 0 aliphatic rings. The van der Waals surface area contributed by atoms with Crippen molar-refractivity contribution in [2.45, 2.75) is 44.8 Å². The molecule has 3 atom stereocenters. The topological polar surface area (TPSA) is 62.5 Å². The van der Waals surface area contributed by atoms with Crippen LogP contribution in [0.1, 0.15) is 50.0 Å². The fourth-order valence-electron chi connectivity index (χ4n) is 2.61. The third-order valence-electron chi connectivity index (χ3n) is 3.84. The molecule has 0 aliphatic heterocycles. The summed E-state index contributed by atoms with van der Waals surface area (Å²) >= 11 is 0. The lowest BCUT2D eigenvalue weighted by molar-refractivity contribution is -0.122. The third-order valence-corrected chi connectivity index (χ3v) is 3.84. The Morgan fingerprint density at radius 3 is 2.67 bits per heavy atom. The van der Waals surface area contributed by atoms with E-state index in [0.29, 0.717) is 17.7 Å². The third kappa shape index (κ3) is 4.89. The zero-order chi connectivity index (χ0) is 17.7. The molecule has 0 fully saturated rings. The van der Waals surface area contributed by atoms with E-state index in [2.05, 4.69) is 5.32 Å². The van der Waals surface area contributed by atoms with E-state index in [9.17, 15) is 18.7 Å². The molecular formula is C18H21F2NO3. The highest BCUT2D eigenvalue weighted by atomic mass is 19.1. The smallest absolute Gasteiger partial charge is 0.220 e. The largest absolute Gasteiger partial charge is 0.467 e. The number of carbonyl (C=O) groups excluding carboxylic acids is 1. The molecular weight excluding hydrogens is 316 g/mol. The van der Waals surface area contributed by atoms with Gasteiger partial charge in [-0.1, -0.05) is 13.0 Å². The molecule has 0 saturated heterocycles. The van der Waals surface area contributed by atoms with Crippen molar-refractivity contribution in [3.63, 3.8) is 0 Å². The highest BCUT2D eigenvalue weighted by Crippen LogP contribution is 2.23. The first kappa shape index (κ1) is 18.1. The van der Waals surface area contributed by atoms with Gasteiger partial charge >= 0.3 is 0 Å². The highest BCUT2D eigenvalue weighted by Gasteiger charge is 2.19. The minimum Gasteiger partial charge on any atom is -0.467 e. The lowest BCUT2D eigenvalue weighted by Crippen LogP contribution is -2.34. The average Bonchev–Trinajstić information content (AvgIpc) is 3.00. The summed E-state index contributed by atoms with van der Waals surface area (Å²) in [6.45, 7) is 3.48. The van der Waals surface area contributed by atoms with Gasteiger partial charge in [-0.2, -0.15) is 0 Å². The lowest BCUT2D eigenvalue weighted by Gasteiger charge is -2.18. The van der Waals surface area contributed by atoms with E-state index in [1.54, 1.807) is 26.0 Å². The molecule has 0 aliphatic carbocycles. The standard InChI is InChI=1S/C18H21F2NO3/c1-11(14-6-5-13(19)10-15(14)20)8-18(23)21-12(2)9-16(22)17-4-3-7-24-17/h3-7,10-12,16,22H,8-9H2,1-2H3,(H,21,23). The molecule has 3 unspecified atom stereocenters. The van der Waals surface area contributed by atoms with Crippen molar-refractivity contribution in [2.24, 2.45) is 0 Å². The van der Waals surface area contributed by atoms with Gasteiger partial charge in [-0.05, 0) is 36.6 Å². The molecule has 6 heteroatoms. The second-order valence-corrected chi connectivity index (χ2v) is 6.01. The SMILES string of the molecule is CC(CC(O)c1ccco1)NC(=O)CC(C)c1ccc(F)cc1F. The van der Waals surface area contributed by atoms with Gasteiger partial charge in [-0.15, -0.1) is 0 Å². The minimum atomic E-state index is -0.803. The highest BCUT2D eigenvalue weighted by molar-refractivity contribution is 5.77. The predicted octanol–water partition coefficient (Wildman–Crippen LogP) is 3.68. The number of benzene rings is 1. The van der Waals surface area contributed by atoms with E-state index in [1.807, 2.05) is 0 Å². The van der Waals surface area contributed by atoms with E-state index in [1.165, 1.54) is 18.4 Å². The van der Waals surface area contributed by atoms with Crippen molar-refractivity contribution in [3.8, 4) is 0 Å². The van der Waals surface area contributed by atoms with Crippen LogP contribution in [0.3, 0.4) is 0 Å². The minimum absolute atomic E-state index is 0.0732. The Morgan fingerprint density at radius 2 is 2.04 bits per heavy atom. The van der Waals surface area contributed by atoms with Gasteiger partial charge in [-0.3, -0.25) is 4.79 Å². The maximum atomic E-state index is 13.7. The van der Waals surface area contributed by atoms with Crippen molar-refractivity contribution in [3.05, 3.63) is 59.6 Å². The molecule has 0 bridgehead atoms. The van der Waals surface area contributed by atoms with E-state index in [0.717, 1.165) is 6.07 Å². The molecule has 1 heterocycles. The van der Waals surface area contributed by atoms with E-state index in [-0.39, 0.29) is 24.3 Å². The first-order valence-corrected chi connectivity index (χ1v) is 7.82. The molecule has 0 spiro atoms. The van der Waals surface area contributed by atoms with Crippen LogP contribution in [0.15, 0.2) is 41.0 Å². The maximum Gasteiger partial charge on any atom is 0.220 e. The predicted molar refractivity (Wildman–Crippen MR) is 85.3 cm³/mol. The summed E-state index contributed by atoms with van der Waals surface area (Å²) < 4.78 is 31.8. The van der Waals surface area contributed by atoms with Crippen molar-refractivity contribution in [2.75, 3.05) is 0 Å². The number of aliphatic hydroxyl groups excluding tert-OH is 1. The molecule has 4 nitrogen and oxygen atoms in total. The Morgan fingerprint density at radius 1 is 1.29 bits per heavy atom. The van der Waals surface area contributed by atoms with Gasteiger partial charge in [0.2, 0.25) is 5.91 Å². The van der Waals surface area contributed by atoms with Gasteiger partial charge in [0.1, 0.15) is 23.5 Å². The lowest BCUT2D eigenvalue weighted by atomic mass is 9.96. The van der Waals surface area contributed by atoms with Crippen molar-refractivity contribution < 1.29 is 23.1 Å².